The van der Waals surface area contributed by atoms with Crippen molar-refractivity contribution in [3.8, 4) is 0 Å². The molecule has 0 radical (unpaired) electrons. The number of hydrogen-bond acceptors (Lipinski definition) is 3. The third-order valence-corrected chi connectivity index (χ3v) is 27.2. The van der Waals surface area contributed by atoms with Gasteiger partial charge in [-0.25, -0.2) is 0 Å². The van der Waals surface area contributed by atoms with Crippen LogP contribution in [0.25, 0.3) is 0 Å². The monoisotopic (exact) mass is 1180 g/mol. The Bertz CT molecular complexity index is 952. The molecule has 0 fully saturated rings. The maximum absolute atomic E-state index is 7.65. The minimum Gasteiger partial charge on any atom is -0.422 e. The Morgan fingerprint density at radius 3 is 1.43 bits per heavy atom. The van der Waals surface area contributed by atoms with Crippen LogP contribution in [0.1, 0.15) is 27.7 Å². The number of hydrogen-bond donors (Lipinski definition) is 0. The molecule has 11 heteroatoms. The topological polar surface area (TPSA) is 27.7 Å². The fourth-order valence-electron chi connectivity index (χ4n) is 3.56. The summed E-state index contributed by atoms with van der Waals surface area (Å²) < 4.78 is 20.8. The third kappa shape index (κ3) is 8.32. The lowest BCUT2D eigenvalue weighted by Gasteiger charge is -2.50. The van der Waals surface area contributed by atoms with Gasteiger partial charge in [0.05, 0.1) is 5.60 Å². The molecule has 0 spiro atoms. The summed E-state index contributed by atoms with van der Waals surface area (Å²) in [5, 5.41) is 2.06. The van der Waals surface area contributed by atoms with Crippen LogP contribution in [0.5, 0.6) is 0 Å². The lowest BCUT2D eigenvalue weighted by atomic mass is 10.1. The van der Waals surface area contributed by atoms with Crippen molar-refractivity contribution in [1.82, 2.24) is 0 Å². The summed E-state index contributed by atoms with van der Waals surface area (Å²) >= 11 is 15.0. The van der Waals surface area contributed by atoms with Crippen LogP contribution in [0.3, 0.4) is 0 Å². The Hall–Kier alpha value is 2.61. The van der Waals surface area contributed by atoms with E-state index in [4.69, 9.17) is 13.3 Å². The van der Waals surface area contributed by atoms with Crippen molar-refractivity contribution in [2.75, 3.05) is 0 Å². The fraction of sp³-hybridized carbons (Fsp3) is 0.333. The first kappa shape index (κ1) is 33.8. The molecule has 0 bridgehead atoms. The van der Waals surface area contributed by atoms with Gasteiger partial charge in [0.25, 0.3) is 8.32 Å². The van der Waals surface area contributed by atoms with Crippen LogP contribution < -0.4 is 10.4 Å². The molecule has 0 saturated heterocycles. The largest absolute Gasteiger partial charge is 0.422 e. The molecule has 192 valence electrons. The zero-order valence-corrected chi connectivity index (χ0v) is 34.8. The van der Waals surface area contributed by atoms with E-state index in [0.717, 1.165) is 10.4 Å². The first-order valence-electron chi connectivity index (χ1n) is 10.6. The Balaban J connectivity index is 2.93. The molecule has 35 heavy (non-hydrogen) atoms. The molecule has 2 rings (SSSR count). The molecule has 0 N–H and O–H groups in total. The number of halogens is 6. The van der Waals surface area contributed by atoms with Gasteiger partial charge in [-0.15, -0.1) is 13.2 Å². The van der Waals surface area contributed by atoms with E-state index < -0.39 is 28.3 Å². The molecule has 0 aliphatic rings. The molecular formula is C24H28I6O3Si2. The Labute approximate surface area is 294 Å². The Morgan fingerprint density at radius 2 is 1.11 bits per heavy atom. The van der Waals surface area contributed by atoms with Crippen molar-refractivity contribution >= 4 is 163 Å². The highest BCUT2D eigenvalue weighted by molar-refractivity contribution is 14.3. The summed E-state index contributed by atoms with van der Waals surface area (Å²) in [6.07, 6.45) is 1.80. The lowest BCUT2D eigenvalue weighted by molar-refractivity contribution is -0.212. The van der Waals surface area contributed by atoms with Crippen LogP contribution >= 0.6 is 136 Å². The van der Waals surface area contributed by atoms with Crippen LogP contribution in [-0.2, 0) is 13.3 Å². The average Bonchev–Trinajstić information content (AvgIpc) is 2.75. The van der Waals surface area contributed by atoms with Gasteiger partial charge in [-0.3, -0.25) is 0 Å². The summed E-state index contributed by atoms with van der Waals surface area (Å²) in [4.78, 5) is 0. The van der Waals surface area contributed by atoms with E-state index in [-0.39, 0.29) is -1.88 Å². The highest BCUT2D eigenvalue weighted by Crippen LogP contribution is 2.58. The van der Waals surface area contributed by atoms with Gasteiger partial charge in [0.1, 0.15) is -1.88 Å². The molecule has 0 atom stereocenters. The van der Waals surface area contributed by atoms with Gasteiger partial charge in [0.2, 0.25) is 0 Å². The third-order valence-electron chi connectivity index (χ3n) is 5.13. The van der Waals surface area contributed by atoms with Crippen molar-refractivity contribution in [2.24, 2.45) is 0 Å². The molecule has 0 unspecified atom stereocenters. The van der Waals surface area contributed by atoms with Crippen molar-refractivity contribution in [1.29, 1.82) is 0 Å². The molecular weight excluding hydrogens is 1150 g/mol. The van der Waals surface area contributed by atoms with E-state index >= 15 is 0 Å². The molecule has 2 aromatic carbocycles. The Kier molecular flexibility index (Phi) is 12.6. The summed E-state index contributed by atoms with van der Waals surface area (Å²) in [6, 6.07) is 20.7. The van der Waals surface area contributed by atoms with Crippen LogP contribution in [0, 0.1) is 0 Å². The van der Waals surface area contributed by atoms with Crippen molar-refractivity contribution in [3.05, 3.63) is 85.6 Å². The minimum absolute atomic E-state index is 0.248. The predicted molar refractivity (Wildman–Crippen MR) is 205 cm³/mol. The van der Waals surface area contributed by atoms with Gasteiger partial charge in [-0.2, -0.15) is 0 Å². The fourth-order valence-corrected chi connectivity index (χ4v) is 42.2. The highest BCUT2D eigenvalue weighted by Gasteiger charge is 2.66. The van der Waals surface area contributed by atoms with E-state index in [2.05, 4.69) is 179 Å². The summed E-state index contributed by atoms with van der Waals surface area (Å²) in [5.74, 6) is -0.966. The summed E-state index contributed by atoms with van der Waals surface area (Å²) in [7, 11) is -6.16. The molecule has 0 heterocycles. The smallest absolute Gasteiger partial charge is 0.399 e. The summed E-state index contributed by atoms with van der Waals surface area (Å²) in [5.41, 5.74) is 1.49. The van der Waals surface area contributed by atoms with E-state index in [1.54, 1.807) is 6.08 Å². The average molecular weight is 1180 g/mol. The maximum atomic E-state index is 7.65. The van der Waals surface area contributed by atoms with Gasteiger partial charge in [0, 0.05) is 0 Å². The Morgan fingerprint density at radius 1 is 0.714 bits per heavy atom. The van der Waals surface area contributed by atoms with Gasteiger partial charge in [0.15, 0.2) is 5.79 Å². The van der Waals surface area contributed by atoms with Gasteiger partial charge in [-0.1, -0.05) is 208 Å². The van der Waals surface area contributed by atoms with Crippen LogP contribution in [0.2, 0.25) is 0 Å². The molecule has 0 aromatic heterocycles. The number of rotatable bonds is 12. The molecule has 0 aliphatic heterocycles. The van der Waals surface area contributed by atoms with E-state index in [1.807, 2.05) is 64.1 Å². The minimum atomic E-state index is -3.37. The number of benzene rings is 2. The molecule has 0 aliphatic carbocycles. The summed E-state index contributed by atoms with van der Waals surface area (Å²) in [6.45, 7) is 16.2. The number of ether oxygens (including phenoxy) is 1. The second-order valence-corrected chi connectivity index (χ2v) is 43.8. The SMILES string of the molecule is C=CC(C)(C)OC(C)(C)O[Si](O[Si](C=C)(C(I)(I)I)C(I)(I)I)(c1ccccc1)c1ccccc1. The van der Waals surface area contributed by atoms with Crippen molar-refractivity contribution in [3.63, 3.8) is 0 Å². The van der Waals surface area contributed by atoms with Gasteiger partial charge >= 0.3 is 8.56 Å². The molecule has 2 aromatic rings. The van der Waals surface area contributed by atoms with Crippen LogP contribution in [0.15, 0.2) is 85.6 Å². The molecule has 3 nitrogen and oxygen atoms in total. The van der Waals surface area contributed by atoms with Gasteiger partial charge < -0.3 is 13.3 Å². The first-order valence-corrected chi connectivity index (χ1v) is 20.8. The van der Waals surface area contributed by atoms with Crippen LogP contribution in [0.4, 0.5) is 0 Å². The molecule has 0 saturated carbocycles. The van der Waals surface area contributed by atoms with Crippen molar-refractivity contribution < 1.29 is 13.3 Å². The van der Waals surface area contributed by atoms with Crippen LogP contribution in [-0.4, -0.2) is 26.4 Å². The molecule has 0 amide bonds. The number of alkyl halides is 6. The maximum Gasteiger partial charge on any atom is 0.399 e. The van der Waals surface area contributed by atoms with Gasteiger partial charge in [-0.05, 0) is 38.1 Å². The first-order chi connectivity index (χ1) is 16.0. The van der Waals surface area contributed by atoms with E-state index in [0.29, 0.717) is 0 Å². The van der Waals surface area contributed by atoms with E-state index in [1.165, 1.54) is 0 Å². The highest BCUT2D eigenvalue weighted by atomic mass is 127. The zero-order valence-electron chi connectivity index (χ0n) is 19.8. The quantitative estimate of drug-likeness (QED) is 0.0701. The second kappa shape index (κ2) is 13.1. The lowest BCUT2D eigenvalue weighted by Crippen LogP contribution is -2.75. The standard InChI is InChI=1S/C24H28I6O3Si2/c1-7-21(3,4)31-22(5,6)32-35(19-15-11-9-12-16-19,20-17-13-10-14-18-20)33-34(8-2,23(25,26)27)24(28,29)30/h7-18H,1-2H2,3-6H3. The zero-order chi connectivity index (χ0) is 26.8. The van der Waals surface area contributed by atoms with E-state index in [9.17, 15) is 0 Å². The van der Waals surface area contributed by atoms with Crippen molar-refractivity contribution in [2.45, 2.75) is 37.2 Å². The normalized spacial score (nSPS) is 14.0. The predicted octanol–water partition coefficient (Wildman–Crippen LogP) is 8.66. The second-order valence-electron chi connectivity index (χ2n) is 8.80.